The van der Waals surface area contributed by atoms with Crippen molar-refractivity contribution in [1.29, 1.82) is 0 Å². The second-order valence-corrected chi connectivity index (χ2v) is 4.82. The van der Waals surface area contributed by atoms with Gasteiger partial charge >= 0.3 is 11.8 Å². The maximum absolute atomic E-state index is 11.7. The minimum Gasteiger partial charge on any atom is -0.348 e. The number of non-ortho nitro benzene ring substituents is 1. The van der Waals surface area contributed by atoms with Crippen molar-refractivity contribution in [3.8, 4) is 0 Å². The lowest BCUT2D eigenvalue weighted by molar-refractivity contribution is -0.384. The Morgan fingerprint density at radius 1 is 1.09 bits per heavy atom. The number of hydrazine groups is 1. The third kappa shape index (κ3) is 5.19. The average molecular weight is 308 g/mol. The van der Waals surface area contributed by atoms with Crippen LogP contribution in [0.1, 0.15) is 24.2 Å². The summed E-state index contributed by atoms with van der Waals surface area (Å²) in [6, 6.07) is 4.79. The Morgan fingerprint density at radius 2 is 1.68 bits per heavy atom. The molecule has 0 heterocycles. The summed E-state index contributed by atoms with van der Waals surface area (Å²) in [6.07, 6.45) is 0. The summed E-state index contributed by atoms with van der Waals surface area (Å²) in [5.74, 6) is -2.38. The molecule has 0 aliphatic rings. The highest BCUT2D eigenvalue weighted by molar-refractivity contribution is 6.35. The molecule has 0 saturated heterocycles. The van der Waals surface area contributed by atoms with Gasteiger partial charge in [-0.1, -0.05) is 13.8 Å². The first-order valence-corrected chi connectivity index (χ1v) is 6.44. The largest absolute Gasteiger partial charge is 0.348 e. The van der Waals surface area contributed by atoms with E-state index in [0.717, 1.165) is 12.1 Å². The van der Waals surface area contributed by atoms with Crippen molar-refractivity contribution in [2.45, 2.75) is 13.8 Å². The second-order valence-electron chi connectivity index (χ2n) is 4.82. The van der Waals surface area contributed by atoms with Gasteiger partial charge in [-0.05, 0) is 18.1 Å². The third-order valence-electron chi connectivity index (χ3n) is 2.51. The molecule has 1 aromatic carbocycles. The summed E-state index contributed by atoms with van der Waals surface area (Å²) in [5.41, 5.74) is 3.95. The predicted molar refractivity (Wildman–Crippen MR) is 76.6 cm³/mol. The van der Waals surface area contributed by atoms with Gasteiger partial charge in [0.1, 0.15) is 0 Å². The molecule has 0 aliphatic heterocycles. The Balaban J connectivity index is 2.50. The van der Waals surface area contributed by atoms with Crippen LogP contribution < -0.4 is 16.2 Å². The predicted octanol–water partition coefficient (Wildman–Crippen LogP) is 0.128. The van der Waals surface area contributed by atoms with Gasteiger partial charge in [-0.2, -0.15) is 0 Å². The highest BCUT2D eigenvalue weighted by Crippen LogP contribution is 2.11. The fourth-order valence-electron chi connectivity index (χ4n) is 1.35. The van der Waals surface area contributed by atoms with Gasteiger partial charge in [0.15, 0.2) is 0 Å². The molecule has 0 spiro atoms. The number of amides is 3. The number of nitrogens with one attached hydrogen (secondary N) is 3. The molecule has 3 N–H and O–H groups in total. The maximum atomic E-state index is 11.7. The van der Waals surface area contributed by atoms with Gasteiger partial charge in [0.25, 0.3) is 11.6 Å². The summed E-state index contributed by atoms with van der Waals surface area (Å²) in [6.45, 7) is 4.08. The lowest BCUT2D eigenvalue weighted by Gasteiger charge is -2.09. The van der Waals surface area contributed by atoms with Gasteiger partial charge in [-0.15, -0.1) is 0 Å². The van der Waals surface area contributed by atoms with Crippen molar-refractivity contribution in [2.75, 3.05) is 6.54 Å². The van der Waals surface area contributed by atoms with Crippen LogP contribution >= 0.6 is 0 Å². The van der Waals surface area contributed by atoms with Crippen molar-refractivity contribution in [3.05, 3.63) is 39.9 Å². The first kappa shape index (κ1) is 17.1. The molecule has 0 radical (unpaired) electrons. The second kappa shape index (κ2) is 7.72. The Hall–Kier alpha value is -2.97. The number of carbonyl (C=O) groups is 3. The van der Waals surface area contributed by atoms with Gasteiger partial charge in [0, 0.05) is 24.2 Å². The van der Waals surface area contributed by atoms with E-state index >= 15 is 0 Å². The summed E-state index contributed by atoms with van der Waals surface area (Å²) in [7, 11) is 0. The van der Waals surface area contributed by atoms with E-state index in [0.29, 0.717) is 6.54 Å². The number of benzene rings is 1. The molecule has 0 atom stereocenters. The quantitative estimate of drug-likeness (QED) is 0.413. The van der Waals surface area contributed by atoms with Crippen molar-refractivity contribution < 1.29 is 19.3 Å². The van der Waals surface area contributed by atoms with Gasteiger partial charge in [0.05, 0.1) is 4.92 Å². The molecule has 0 aromatic heterocycles. The number of hydrogen-bond donors (Lipinski definition) is 3. The fourth-order valence-corrected chi connectivity index (χ4v) is 1.35. The van der Waals surface area contributed by atoms with Crippen LogP contribution in [0.15, 0.2) is 24.3 Å². The summed E-state index contributed by atoms with van der Waals surface area (Å²) < 4.78 is 0. The van der Waals surface area contributed by atoms with Crippen LogP contribution in [0.5, 0.6) is 0 Å². The summed E-state index contributed by atoms with van der Waals surface area (Å²) in [5, 5.41) is 12.9. The van der Waals surface area contributed by atoms with Crippen LogP contribution in [-0.4, -0.2) is 29.2 Å². The van der Waals surface area contributed by atoms with Crippen molar-refractivity contribution in [1.82, 2.24) is 16.2 Å². The SMILES string of the molecule is CC(C)CNC(=O)C(=O)NNC(=O)c1ccc([N+](=O)[O-])cc1. The zero-order chi connectivity index (χ0) is 16.7. The molecule has 0 unspecified atom stereocenters. The average Bonchev–Trinajstić information content (AvgIpc) is 2.49. The third-order valence-corrected chi connectivity index (χ3v) is 2.51. The number of nitro benzene ring substituents is 1. The highest BCUT2D eigenvalue weighted by Gasteiger charge is 2.15. The Bertz CT molecular complexity index is 583. The smallest absolute Gasteiger partial charge is 0.327 e. The van der Waals surface area contributed by atoms with E-state index in [9.17, 15) is 24.5 Å². The normalized spacial score (nSPS) is 9.95. The minimum atomic E-state index is -1.00. The van der Waals surface area contributed by atoms with Gasteiger partial charge in [-0.25, -0.2) is 0 Å². The molecule has 0 aliphatic carbocycles. The number of hydrogen-bond acceptors (Lipinski definition) is 5. The molecular weight excluding hydrogens is 292 g/mol. The monoisotopic (exact) mass is 308 g/mol. The van der Waals surface area contributed by atoms with E-state index in [-0.39, 0.29) is 17.2 Å². The summed E-state index contributed by atoms with van der Waals surface area (Å²) >= 11 is 0. The molecule has 9 nitrogen and oxygen atoms in total. The van der Waals surface area contributed by atoms with Crippen molar-refractivity contribution in [2.24, 2.45) is 5.92 Å². The number of carbonyl (C=O) groups excluding carboxylic acids is 3. The number of nitro groups is 1. The molecule has 1 aromatic rings. The van der Waals surface area contributed by atoms with Crippen LogP contribution in [0.4, 0.5) is 5.69 Å². The Kier molecular flexibility index (Phi) is 5.99. The van der Waals surface area contributed by atoms with E-state index in [2.05, 4.69) is 5.32 Å². The molecule has 9 heteroatoms. The van der Waals surface area contributed by atoms with Crippen molar-refractivity contribution >= 4 is 23.4 Å². The lowest BCUT2D eigenvalue weighted by Crippen LogP contribution is -2.49. The van der Waals surface area contributed by atoms with E-state index in [1.807, 2.05) is 24.7 Å². The van der Waals surface area contributed by atoms with E-state index < -0.39 is 22.6 Å². The highest BCUT2D eigenvalue weighted by atomic mass is 16.6. The molecule has 1 rings (SSSR count). The molecule has 118 valence electrons. The number of rotatable bonds is 4. The van der Waals surface area contributed by atoms with E-state index in [1.54, 1.807) is 0 Å². The van der Waals surface area contributed by atoms with Crippen molar-refractivity contribution in [3.63, 3.8) is 0 Å². The van der Waals surface area contributed by atoms with E-state index in [1.165, 1.54) is 12.1 Å². The fraction of sp³-hybridized carbons (Fsp3) is 0.308. The number of nitrogens with zero attached hydrogens (tertiary/aromatic N) is 1. The first-order chi connectivity index (χ1) is 10.3. The van der Waals surface area contributed by atoms with Gasteiger partial charge in [0.2, 0.25) is 0 Å². The molecular formula is C13H16N4O5. The molecule has 0 fully saturated rings. The topological polar surface area (TPSA) is 130 Å². The molecule has 22 heavy (non-hydrogen) atoms. The molecule has 3 amide bonds. The molecule has 0 bridgehead atoms. The van der Waals surface area contributed by atoms with Crippen LogP contribution in [0, 0.1) is 16.0 Å². The van der Waals surface area contributed by atoms with Gasteiger partial charge < -0.3 is 5.32 Å². The molecule has 0 saturated carbocycles. The zero-order valence-electron chi connectivity index (χ0n) is 12.1. The van der Waals surface area contributed by atoms with E-state index in [4.69, 9.17) is 0 Å². The zero-order valence-corrected chi connectivity index (χ0v) is 12.1. The van der Waals surface area contributed by atoms with Crippen LogP contribution in [0.2, 0.25) is 0 Å². The van der Waals surface area contributed by atoms with Crippen LogP contribution in [0.25, 0.3) is 0 Å². The summed E-state index contributed by atoms with van der Waals surface area (Å²) in [4.78, 5) is 44.4. The lowest BCUT2D eigenvalue weighted by atomic mass is 10.2. The van der Waals surface area contributed by atoms with Crippen LogP contribution in [-0.2, 0) is 9.59 Å². The Morgan fingerprint density at radius 3 is 2.18 bits per heavy atom. The van der Waals surface area contributed by atoms with Crippen LogP contribution in [0.3, 0.4) is 0 Å². The standard InChI is InChI=1S/C13H16N4O5/c1-8(2)7-14-12(19)13(20)16-15-11(18)9-3-5-10(6-4-9)17(21)22/h3-6,8H,7H2,1-2H3,(H,14,19)(H,15,18)(H,16,20). The van der Waals surface area contributed by atoms with Gasteiger partial charge in [-0.3, -0.25) is 35.3 Å². The minimum absolute atomic E-state index is 0.105. The Labute approximate surface area is 126 Å². The first-order valence-electron chi connectivity index (χ1n) is 6.44. The maximum Gasteiger partial charge on any atom is 0.327 e.